The fourth-order valence-electron chi connectivity index (χ4n) is 1.96. The van der Waals surface area contributed by atoms with Crippen molar-refractivity contribution >= 4 is 34.2 Å². The second-order valence-electron chi connectivity index (χ2n) is 4.61. The highest BCUT2D eigenvalue weighted by atomic mass is 35.5. The van der Waals surface area contributed by atoms with E-state index in [2.05, 4.69) is 0 Å². The average molecular weight is 302 g/mol. The zero-order valence-corrected chi connectivity index (χ0v) is 11.8. The number of furan rings is 1. The van der Waals surface area contributed by atoms with Gasteiger partial charge in [0, 0.05) is 16.1 Å². The van der Waals surface area contributed by atoms with Gasteiger partial charge in [-0.05, 0) is 42.0 Å². The molecular formula is C16H12ClNO3. The van der Waals surface area contributed by atoms with E-state index in [1.807, 2.05) is 0 Å². The molecule has 5 heteroatoms. The maximum Gasteiger partial charge on any atom is 0.374 e. The number of hydrogen-bond acceptors (Lipinski definition) is 4. The summed E-state index contributed by atoms with van der Waals surface area (Å²) in [5.74, 6) is -0.357. The van der Waals surface area contributed by atoms with E-state index in [0.717, 1.165) is 10.9 Å². The fraction of sp³-hybridized carbons (Fsp3) is 0.0625. The van der Waals surface area contributed by atoms with Crippen LogP contribution in [0.5, 0.6) is 0 Å². The summed E-state index contributed by atoms with van der Waals surface area (Å²) in [4.78, 5) is 12.0. The lowest BCUT2D eigenvalue weighted by Crippen LogP contribution is -2.03. The van der Waals surface area contributed by atoms with E-state index < -0.39 is 5.97 Å². The summed E-state index contributed by atoms with van der Waals surface area (Å²) in [5, 5.41) is 1.41. The SMILES string of the molecule is Nc1ccc2oc(C(=O)OCc3ccc(Cl)cc3)cc2c1. The molecule has 1 heterocycles. The highest BCUT2D eigenvalue weighted by Gasteiger charge is 2.14. The van der Waals surface area contributed by atoms with Crippen LogP contribution in [-0.2, 0) is 11.3 Å². The molecule has 0 atom stereocenters. The summed E-state index contributed by atoms with van der Waals surface area (Å²) in [5.41, 5.74) is 7.76. The first-order valence-electron chi connectivity index (χ1n) is 6.32. The van der Waals surface area contributed by atoms with Crippen molar-refractivity contribution in [3.8, 4) is 0 Å². The van der Waals surface area contributed by atoms with Crippen LogP contribution in [0.25, 0.3) is 11.0 Å². The third kappa shape index (κ3) is 3.01. The van der Waals surface area contributed by atoms with Gasteiger partial charge in [-0.15, -0.1) is 0 Å². The number of carbonyl (C=O) groups excluding carboxylic acids is 1. The molecule has 3 rings (SSSR count). The number of esters is 1. The minimum Gasteiger partial charge on any atom is -0.455 e. The molecular weight excluding hydrogens is 290 g/mol. The van der Waals surface area contributed by atoms with Gasteiger partial charge in [-0.3, -0.25) is 0 Å². The zero-order valence-electron chi connectivity index (χ0n) is 11.0. The number of ether oxygens (including phenoxy) is 1. The molecule has 0 unspecified atom stereocenters. The normalized spacial score (nSPS) is 10.7. The van der Waals surface area contributed by atoms with Gasteiger partial charge in [0.2, 0.25) is 5.76 Å². The predicted molar refractivity (Wildman–Crippen MR) is 81.2 cm³/mol. The summed E-state index contributed by atoms with van der Waals surface area (Å²) >= 11 is 5.80. The standard InChI is InChI=1S/C16H12ClNO3/c17-12-3-1-10(2-4-12)9-20-16(19)15-8-11-7-13(18)5-6-14(11)21-15/h1-8H,9,18H2. The molecule has 106 valence electrons. The molecule has 0 saturated carbocycles. The number of anilines is 1. The topological polar surface area (TPSA) is 65.5 Å². The molecule has 0 radical (unpaired) electrons. The van der Waals surface area contributed by atoms with Crippen LogP contribution in [0, 0.1) is 0 Å². The van der Waals surface area contributed by atoms with Crippen LogP contribution < -0.4 is 5.73 Å². The monoisotopic (exact) mass is 301 g/mol. The Kier molecular flexibility index (Phi) is 3.54. The highest BCUT2D eigenvalue weighted by Crippen LogP contribution is 2.22. The number of benzene rings is 2. The van der Waals surface area contributed by atoms with Gasteiger partial charge < -0.3 is 14.9 Å². The van der Waals surface area contributed by atoms with Crippen molar-refractivity contribution in [1.29, 1.82) is 0 Å². The van der Waals surface area contributed by atoms with Crippen LogP contribution >= 0.6 is 11.6 Å². The summed E-state index contributed by atoms with van der Waals surface area (Å²) < 4.78 is 10.6. The number of nitrogens with two attached hydrogens (primary N) is 1. The lowest BCUT2D eigenvalue weighted by atomic mass is 10.2. The molecule has 2 N–H and O–H groups in total. The van der Waals surface area contributed by atoms with E-state index in [0.29, 0.717) is 16.3 Å². The summed E-state index contributed by atoms with van der Waals surface area (Å²) in [7, 11) is 0. The molecule has 0 aliphatic carbocycles. The molecule has 0 bridgehead atoms. The van der Waals surface area contributed by atoms with Crippen molar-refractivity contribution in [2.45, 2.75) is 6.61 Å². The Bertz CT molecular complexity index is 793. The smallest absolute Gasteiger partial charge is 0.374 e. The van der Waals surface area contributed by atoms with E-state index in [-0.39, 0.29) is 12.4 Å². The van der Waals surface area contributed by atoms with Gasteiger partial charge >= 0.3 is 5.97 Å². The predicted octanol–water partition coefficient (Wildman–Crippen LogP) is 4.03. The Morgan fingerprint density at radius 2 is 1.90 bits per heavy atom. The van der Waals surface area contributed by atoms with E-state index in [9.17, 15) is 4.79 Å². The zero-order chi connectivity index (χ0) is 14.8. The molecule has 3 aromatic rings. The fourth-order valence-corrected chi connectivity index (χ4v) is 2.09. The summed E-state index contributed by atoms with van der Waals surface area (Å²) in [6.45, 7) is 0.162. The third-order valence-electron chi connectivity index (χ3n) is 3.02. The molecule has 21 heavy (non-hydrogen) atoms. The number of nitrogen functional groups attached to an aromatic ring is 1. The number of carbonyl (C=O) groups is 1. The number of fused-ring (bicyclic) bond motifs is 1. The molecule has 0 saturated heterocycles. The minimum atomic E-state index is -0.514. The van der Waals surface area contributed by atoms with Gasteiger partial charge in [-0.25, -0.2) is 4.79 Å². The van der Waals surface area contributed by atoms with E-state index in [1.165, 1.54) is 0 Å². The number of rotatable bonds is 3. The Labute approximate surface area is 126 Å². The first-order chi connectivity index (χ1) is 10.1. The average Bonchev–Trinajstić information content (AvgIpc) is 2.89. The van der Waals surface area contributed by atoms with Crippen molar-refractivity contribution in [2.75, 3.05) is 5.73 Å². The Balaban J connectivity index is 1.73. The molecule has 0 aliphatic heterocycles. The van der Waals surface area contributed by atoms with Gasteiger partial charge in [-0.1, -0.05) is 23.7 Å². The molecule has 4 nitrogen and oxygen atoms in total. The maximum atomic E-state index is 12.0. The van der Waals surface area contributed by atoms with E-state index in [1.54, 1.807) is 48.5 Å². The van der Waals surface area contributed by atoms with Gasteiger partial charge in [-0.2, -0.15) is 0 Å². The largest absolute Gasteiger partial charge is 0.455 e. The quantitative estimate of drug-likeness (QED) is 0.586. The molecule has 0 aliphatic rings. The lowest BCUT2D eigenvalue weighted by Gasteiger charge is -2.02. The van der Waals surface area contributed by atoms with Crippen molar-refractivity contribution in [3.63, 3.8) is 0 Å². The van der Waals surface area contributed by atoms with Crippen molar-refractivity contribution in [1.82, 2.24) is 0 Å². The Hall–Kier alpha value is -2.46. The summed E-state index contributed by atoms with van der Waals surface area (Å²) in [6, 6.07) is 13.9. The van der Waals surface area contributed by atoms with Gasteiger partial charge in [0.1, 0.15) is 12.2 Å². The third-order valence-corrected chi connectivity index (χ3v) is 3.28. The number of hydrogen-bond donors (Lipinski definition) is 1. The van der Waals surface area contributed by atoms with Crippen molar-refractivity contribution in [3.05, 3.63) is 64.9 Å². The van der Waals surface area contributed by atoms with Crippen LogP contribution in [-0.4, -0.2) is 5.97 Å². The Morgan fingerprint density at radius 3 is 2.67 bits per heavy atom. The van der Waals surface area contributed by atoms with Crippen molar-refractivity contribution < 1.29 is 13.9 Å². The molecule has 2 aromatic carbocycles. The minimum absolute atomic E-state index is 0.157. The first-order valence-corrected chi connectivity index (χ1v) is 6.70. The molecule has 1 aromatic heterocycles. The first kappa shape index (κ1) is 13.5. The van der Waals surface area contributed by atoms with Crippen LogP contribution in [0.15, 0.2) is 52.9 Å². The van der Waals surface area contributed by atoms with E-state index >= 15 is 0 Å². The molecule has 0 spiro atoms. The lowest BCUT2D eigenvalue weighted by molar-refractivity contribution is 0.0439. The second kappa shape index (κ2) is 5.50. The van der Waals surface area contributed by atoms with Crippen molar-refractivity contribution in [2.24, 2.45) is 0 Å². The molecule has 0 fully saturated rings. The maximum absolute atomic E-state index is 12.0. The Morgan fingerprint density at radius 1 is 1.14 bits per heavy atom. The molecule has 0 amide bonds. The van der Waals surface area contributed by atoms with Crippen LogP contribution in [0.1, 0.15) is 16.1 Å². The van der Waals surface area contributed by atoms with Gasteiger partial charge in [0.15, 0.2) is 0 Å². The van der Waals surface area contributed by atoms with Crippen LogP contribution in [0.2, 0.25) is 5.02 Å². The van der Waals surface area contributed by atoms with E-state index in [4.69, 9.17) is 26.5 Å². The van der Waals surface area contributed by atoms with Crippen LogP contribution in [0.4, 0.5) is 5.69 Å². The summed E-state index contributed by atoms with van der Waals surface area (Å²) in [6.07, 6.45) is 0. The van der Waals surface area contributed by atoms with Crippen LogP contribution in [0.3, 0.4) is 0 Å². The number of halogens is 1. The second-order valence-corrected chi connectivity index (χ2v) is 5.05. The van der Waals surface area contributed by atoms with Gasteiger partial charge in [0.25, 0.3) is 0 Å². The van der Waals surface area contributed by atoms with Gasteiger partial charge in [0.05, 0.1) is 0 Å². The highest BCUT2D eigenvalue weighted by molar-refractivity contribution is 6.30.